The number of hydrogen-bond donors (Lipinski definition) is 1. The minimum absolute atomic E-state index is 0.525. The van der Waals surface area contributed by atoms with E-state index in [1.807, 2.05) is 0 Å². The topological polar surface area (TPSA) is 32.8 Å². The van der Waals surface area contributed by atoms with Crippen LogP contribution in [0.4, 0.5) is 0 Å². The molecule has 3 aliphatic rings. The normalized spacial score (nSPS) is 40.0. The van der Waals surface area contributed by atoms with Crippen LogP contribution in [0.1, 0.15) is 84.5 Å². The number of rotatable bonds is 6. The molecule has 1 aliphatic heterocycles. The fraction of sp³-hybridized carbons (Fsp3) is 0.900. The monoisotopic (exact) mass is 306 g/mol. The van der Waals surface area contributed by atoms with Crippen LogP contribution in [0.15, 0.2) is 11.8 Å². The molecule has 1 spiro atoms. The Balaban J connectivity index is 1.44. The average molecular weight is 306 g/mol. The van der Waals surface area contributed by atoms with Gasteiger partial charge in [-0.15, -0.1) is 0 Å². The molecule has 2 heteroatoms. The molecular formula is C20H34O2. The van der Waals surface area contributed by atoms with Crippen LogP contribution in [0.3, 0.4) is 0 Å². The third-order valence-corrected chi connectivity index (χ3v) is 6.77. The van der Waals surface area contributed by atoms with Crippen molar-refractivity contribution < 1.29 is 9.84 Å². The molecule has 0 aromatic carbocycles. The maximum absolute atomic E-state index is 9.34. The summed E-state index contributed by atoms with van der Waals surface area (Å²) >= 11 is 0. The Labute approximate surface area is 136 Å². The van der Waals surface area contributed by atoms with E-state index in [-0.39, 0.29) is 0 Å². The zero-order chi connectivity index (χ0) is 15.6. The average Bonchev–Trinajstić information content (AvgIpc) is 3.16. The van der Waals surface area contributed by atoms with E-state index in [0.717, 1.165) is 24.7 Å². The highest BCUT2D eigenvalue weighted by atomic mass is 16.6. The Morgan fingerprint density at radius 2 is 2.09 bits per heavy atom. The van der Waals surface area contributed by atoms with Crippen molar-refractivity contribution in [3.8, 4) is 0 Å². The lowest BCUT2D eigenvalue weighted by Gasteiger charge is -2.34. The Morgan fingerprint density at radius 1 is 1.27 bits per heavy atom. The summed E-state index contributed by atoms with van der Waals surface area (Å²) in [7, 11) is 0. The lowest BCUT2D eigenvalue weighted by molar-refractivity contribution is 0.216. The van der Waals surface area contributed by atoms with E-state index in [0.29, 0.717) is 17.6 Å². The first-order chi connectivity index (χ1) is 10.7. The van der Waals surface area contributed by atoms with Gasteiger partial charge in [-0.2, -0.15) is 0 Å². The predicted molar refractivity (Wildman–Crippen MR) is 90.9 cm³/mol. The van der Waals surface area contributed by atoms with E-state index in [9.17, 15) is 5.11 Å². The molecule has 2 saturated carbocycles. The molecule has 1 heterocycles. The number of ether oxygens (including phenoxy) is 1. The second-order valence-electron chi connectivity index (χ2n) is 8.29. The van der Waals surface area contributed by atoms with Crippen LogP contribution in [0.5, 0.6) is 0 Å². The zero-order valence-electron chi connectivity index (χ0n) is 14.5. The Bertz CT molecular complexity index is 399. The van der Waals surface area contributed by atoms with Gasteiger partial charge in [0.15, 0.2) is 0 Å². The summed E-state index contributed by atoms with van der Waals surface area (Å²) in [4.78, 5) is 0. The Morgan fingerprint density at radius 3 is 2.82 bits per heavy atom. The highest BCUT2D eigenvalue weighted by Gasteiger charge is 2.46. The molecule has 0 aromatic heterocycles. The number of hydrogen-bond acceptors (Lipinski definition) is 2. The first kappa shape index (κ1) is 16.4. The summed E-state index contributed by atoms with van der Waals surface area (Å²) < 4.78 is 5.98. The molecule has 22 heavy (non-hydrogen) atoms. The van der Waals surface area contributed by atoms with Gasteiger partial charge in [-0.3, -0.25) is 0 Å². The van der Waals surface area contributed by atoms with Crippen LogP contribution < -0.4 is 0 Å². The van der Waals surface area contributed by atoms with Crippen LogP contribution in [0.2, 0.25) is 0 Å². The van der Waals surface area contributed by atoms with Gasteiger partial charge in [0.25, 0.3) is 0 Å². The molecule has 0 aromatic rings. The van der Waals surface area contributed by atoms with Crippen molar-refractivity contribution >= 4 is 0 Å². The summed E-state index contributed by atoms with van der Waals surface area (Å²) in [6.07, 6.45) is 16.8. The van der Waals surface area contributed by atoms with Gasteiger partial charge in [0.2, 0.25) is 0 Å². The van der Waals surface area contributed by atoms with Crippen LogP contribution in [-0.2, 0) is 4.74 Å². The third-order valence-electron chi connectivity index (χ3n) is 6.77. The summed E-state index contributed by atoms with van der Waals surface area (Å²) in [5.74, 6) is 1.73. The van der Waals surface area contributed by atoms with E-state index in [2.05, 4.69) is 13.8 Å². The van der Waals surface area contributed by atoms with Crippen LogP contribution in [0.25, 0.3) is 0 Å². The minimum atomic E-state index is 0.525. The van der Waals surface area contributed by atoms with Gasteiger partial charge in [-0.1, -0.05) is 26.7 Å². The van der Waals surface area contributed by atoms with Crippen molar-refractivity contribution in [1.82, 2.24) is 0 Å². The summed E-state index contributed by atoms with van der Waals surface area (Å²) in [5.41, 5.74) is 1.82. The van der Waals surface area contributed by atoms with Crippen molar-refractivity contribution in [3.05, 3.63) is 11.8 Å². The van der Waals surface area contributed by atoms with Gasteiger partial charge < -0.3 is 9.84 Å². The molecule has 0 amide bonds. The van der Waals surface area contributed by atoms with E-state index in [1.54, 1.807) is 0 Å². The minimum Gasteiger partial charge on any atom is -0.516 e. The van der Waals surface area contributed by atoms with Gasteiger partial charge in [0.05, 0.1) is 18.5 Å². The predicted octanol–water partition coefficient (Wildman–Crippen LogP) is 5.77. The Hall–Kier alpha value is -0.500. The van der Waals surface area contributed by atoms with E-state index in [4.69, 9.17) is 4.74 Å². The molecule has 3 fully saturated rings. The molecule has 1 N–H and O–H groups in total. The quantitative estimate of drug-likeness (QED) is 0.499. The molecule has 2 nitrogen and oxygen atoms in total. The summed E-state index contributed by atoms with van der Waals surface area (Å²) in [6, 6.07) is 0. The molecule has 0 bridgehead atoms. The summed E-state index contributed by atoms with van der Waals surface area (Å²) in [6.45, 7) is 4.61. The maximum atomic E-state index is 9.34. The van der Waals surface area contributed by atoms with Gasteiger partial charge in [0.1, 0.15) is 0 Å². The molecule has 2 unspecified atom stereocenters. The maximum Gasteiger partial charge on any atom is 0.0844 e. The van der Waals surface area contributed by atoms with Crippen molar-refractivity contribution in [2.45, 2.75) is 96.7 Å². The van der Waals surface area contributed by atoms with Gasteiger partial charge >= 0.3 is 0 Å². The fourth-order valence-corrected chi connectivity index (χ4v) is 5.25. The zero-order valence-corrected chi connectivity index (χ0v) is 14.5. The molecule has 1 saturated heterocycles. The standard InChI is InChI=1S/C20H34O2/c1-3-15(4-2)10-18-19(22-18)11-16-7-9-20(12-16)8-5-6-17(13-20)14-21/h14-16,18-19,21H,3-13H2,1-2H3/b17-14+/t16-,18?,19?,20+/m0/s1. The van der Waals surface area contributed by atoms with Crippen LogP contribution in [0, 0.1) is 17.3 Å². The second kappa shape index (κ2) is 6.95. The SMILES string of the molecule is CCC(CC)CC1OC1C[C@@H]1CC[C@]2(CCC/C(=C\O)C2)C1. The largest absolute Gasteiger partial charge is 0.516 e. The van der Waals surface area contributed by atoms with Crippen molar-refractivity contribution in [2.24, 2.45) is 17.3 Å². The highest BCUT2D eigenvalue weighted by molar-refractivity contribution is 5.09. The smallest absolute Gasteiger partial charge is 0.0844 e. The number of allylic oxidation sites excluding steroid dienone is 1. The van der Waals surface area contributed by atoms with Crippen LogP contribution in [-0.4, -0.2) is 17.3 Å². The lowest BCUT2D eigenvalue weighted by atomic mass is 9.70. The van der Waals surface area contributed by atoms with E-state index < -0.39 is 0 Å². The molecule has 126 valence electrons. The molecular weight excluding hydrogens is 272 g/mol. The van der Waals surface area contributed by atoms with Crippen molar-refractivity contribution in [2.75, 3.05) is 0 Å². The first-order valence-electron chi connectivity index (χ1n) is 9.65. The fourth-order valence-electron chi connectivity index (χ4n) is 5.25. The molecule has 3 rings (SSSR count). The van der Waals surface area contributed by atoms with Gasteiger partial charge in [0, 0.05) is 0 Å². The highest BCUT2D eigenvalue weighted by Crippen LogP contribution is 2.54. The lowest BCUT2D eigenvalue weighted by Crippen LogP contribution is -2.22. The number of aliphatic hydroxyl groups is 1. The van der Waals surface area contributed by atoms with Crippen molar-refractivity contribution in [1.29, 1.82) is 0 Å². The Kier molecular flexibility index (Phi) is 5.17. The van der Waals surface area contributed by atoms with Gasteiger partial charge in [-0.25, -0.2) is 0 Å². The van der Waals surface area contributed by atoms with Crippen LogP contribution >= 0.6 is 0 Å². The molecule has 4 atom stereocenters. The van der Waals surface area contributed by atoms with E-state index in [1.165, 1.54) is 69.6 Å². The molecule has 0 radical (unpaired) electrons. The third kappa shape index (κ3) is 3.69. The van der Waals surface area contributed by atoms with Gasteiger partial charge in [-0.05, 0) is 80.6 Å². The number of epoxide rings is 1. The second-order valence-corrected chi connectivity index (χ2v) is 8.29. The first-order valence-corrected chi connectivity index (χ1v) is 9.65. The van der Waals surface area contributed by atoms with E-state index >= 15 is 0 Å². The summed E-state index contributed by atoms with van der Waals surface area (Å²) in [5, 5.41) is 9.34. The molecule has 2 aliphatic carbocycles. The van der Waals surface area contributed by atoms with Crippen molar-refractivity contribution in [3.63, 3.8) is 0 Å². The number of aliphatic hydroxyl groups excluding tert-OH is 1.